The molecule has 1 rings (SSSR count). The summed E-state index contributed by atoms with van der Waals surface area (Å²) in [7, 11) is 0. The molecule has 3 unspecified atom stereocenters. The largest absolute Gasteiger partial charge is 0.367 e. The average molecular weight is 184 g/mol. The van der Waals surface area contributed by atoms with Gasteiger partial charge in [-0.15, -0.1) is 0 Å². The Balaban J connectivity index is 2.51. The van der Waals surface area contributed by atoms with Crippen LogP contribution in [0.5, 0.6) is 0 Å². The van der Waals surface area contributed by atoms with Crippen LogP contribution in [0.25, 0.3) is 0 Å². The van der Waals surface area contributed by atoms with Gasteiger partial charge in [-0.3, -0.25) is 0 Å². The van der Waals surface area contributed by atoms with Crippen molar-refractivity contribution < 1.29 is 9.53 Å². The Bertz CT molecular complexity index is 181. The lowest BCUT2D eigenvalue weighted by Gasteiger charge is -2.31. The van der Waals surface area contributed by atoms with E-state index in [0.717, 1.165) is 19.1 Å². The summed E-state index contributed by atoms with van der Waals surface area (Å²) >= 11 is 0. The maximum Gasteiger partial charge on any atom is 0.148 e. The lowest BCUT2D eigenvalue weighted by Crippen LogP contribution is -2.30. The Hall–Kier alpha value is -0.370. The van der Waals surface area contributed by atoms with E-state index in [0.29, 0.717) is 5.92 Å². The van der Waals surface area contributed by atoms with Gasteiger partial charge in [-0.1, -0.05) is 27.7 Å². The van der Waals surface area contributed by atoms with E-state index in [1.807, 2.05) is 0 Å². The summed E-state index contributed by atoms with van der Waals surface area (Å²) in [6.07, 6.45) is 2.98. The summed E-state index contributed by atoms with van der Waals surface area (Å²) < 4.78 is 5.63. The molecule has 0 bridgehead atoms. The molecule has 1 fully saturated rings. The number of carbonyl (C=O) groups excluding carboxylic acids is 1. The summed E-state index contributed by atoms with van der Waals surface area (Å²) in [6.45, 7) is 8.86. The first-order valence-electron chi connectivity index (χ1n) is 5.06. The van der Waals surface area contributed by atoms with Gasteiger partial charge in [-0.25, -0.2) is 0 Å². The van der Waals surface area contributed by atoms with E-state index in [9.17, 15) is 4.79 Å². The molecule has 0 saturated carbocycles. The normalized spacial score (nSPS) is 31.7. The fourth-order valence-corrected chi connectivity index (χ4v) is 1.71. The van der Waals surface area contributed by atoms with Gasteiger partial charge in [0.05, 0.1) is 6.10 Å². The van der Waals surface area contributed by atoms with Crippen molar-refractivity contribution in [1.29, 1.82) is 0 Å². The van der Waals surface area contributed by atoms with E-state index in [-0.39, 0.29) is 17.6 Å². The van der Waals surface area contributed by atoms with Gasteiger partial charge in [0, 0.05) is 0 Å². The smallest absolute Gasteiger partial charge is 0.148 e. The molecular formula is C11H20O2. The fraction of sp³-hybridized carbons (Fsp3) is 0.909. The zero-order chi connectivity index (χ0) is 10.1. The topological polar surface area (TPSA) is 26.3 Å². The third-order valence-electron chi connectivity index (χ3n) is 3.16. The van der Waals surface area contributed by atoms with Crippen molar-refractivity contribution in [2.45, 2.75) is 52.7 Å². The van der Waals surface area contributed by atoms with E-state index < -0.39 is 0 Å². The minimum Gasteiger partial charge on any atom is -0.367 e. The highest BCUT2D eigenvalue weighted by atomic mass is 16.5. The molecule has 0 aliphatic carbocycles. The Morgan fingerprint density at radius 2 is 2.00 bits per heavy atom. The van der Waals surface area contributed by atoms with Gasteiger partial charge < -0.3 is 9.53 Å². The van der Waals surface area contributed by atoms with E-state index in [1.54, 1.807) is 0 Å². The Kier molecular flexibility index (Phi) is 3.12. The highest BCUT2D eigenvalue weighted by Gasteiger charge is 2.34. The molecule has 1 heterocycles. The van der Waals surface area contributed by atoms with Crippen molar-refractivity contribution in [3.63, 3.8) is 0 Å². The standard InChI is InChI=1S/C11H20O2/c1-8(11(2,3)4)10-6-5-9(7-12)13-10/h7-10H,5-6H2,1-4H3. The molecule has 0 aromatic heterocycles. The quantitative estimate of drug-likeness (QED) is 0.616. The molecule has 3 atom stereocenters. The average Bonchev–Trinajstić information content (AvgIpc) is 2.48. The van der Waals surface area contributed by atoms with E-state index in [1.165, 1.54) is 0 Å². The Morgan fingerprint density at radius 1 is 1.38 bits per heavy atom. The first-order valence-corrected chi connectivity index (χ1v) is 5.06. The second-order valence-corrected chi connectivity index (χ2v) is 5.08. The van der Waals surface area contributed by atoms with Crippen molar-refractivity contribution in [3.8, 4) is 0 Å². The second kappa shape index (κ2) is 3.79. The van der Waals surface area contributed by atoms with Crippen LogP contribution in [0.4, 0.5) is 0 Å². The molecule has 2 heteroatoms. The minimum atomic E-state index is -0.144. The fourth-order valence-electron chi connectivity index (χ4n) is 1.71. The van der Waals surface area contributed by atoms with Crippen molar-refractivity contribution in [1.82, 2.24) is 0 Å². The molecule has 1 saturated heterocycles. The Morgan fingerprint density at radius 3 is 2.38 bits per heavy atom. The van der Waals surface area contributed by atoms with Crippen LogP contribution in [0.3, 0.4) is 0 Å². The van der Waals surface area contributed by atoms with Gasteiger partial charge in [0.2, 0.25) is 0 Å². The van der Waals surface area contributed by atoms with Crippen molar-refractivity contribution in [3.05, 3.63) is 0 Å². The highest BCUT2D eigenvalue weighted by Crippen LogP contribution is 2.35. The van der Waals surface area contributed by atoms with Crippen LogP contribution in [0, 0.1) is 11.3 Å². The van der Waals surface area contributed by atoms with Gasteiger partial charge in [0.1, 0.15) is 12.4 Å². The third kappa shape index (κ3) is 2.53. The molecule has 13 heavy (non-hydrogen) atoms. The van der Waals surface area contributed by atoms with Crippen molar-refractivity contribution in [2.24, 2.45) is 11.3 Å². The van der Waals surface area contributed by atoms with E-state index in [4.69, 9.17) is 4.74 Å². The van der Waals surface area contributed by atoms with Crippen molar-refractivity contribution in [2.75, 3.05) is 0 Å². The predicted octanol–water partition coefficient (Wildman–Crippen LogP) is 2.42. The predicted molar refractivity (Wildman–Crippen MR) is 52.6 cm³/mol. The van der Waals surface area contributed by atoms with E-state index >= 15 is 0 Å². The molecule has 0 aromatic carbocycles. The molecule has 76 valence electrons. The third-order valence-corrected chi connectivity index (χ3v) is 3.16. The summed E-state index contributed by atoms with van der Waals surface area (Å²) in [5.74, 6) is 0.512. The summed E-state index contributed by atoms with van der Waals surface area (Å²) in [5, 5.41) is 0. The number of hydrogen-bond acceptors (Lipinski definition) is 2. The maximum atomic E-state index is 10.5. The monoisotopic (exact) mass is 184 g/mol. The number of aldehydes is 1. The van der Waals surface area contributed by atoms with Crippen LogP contribution in [-0.2, 0) is 9.53 Å². The van der Waals surface area contributed by atoms with Crippen LogP contribution in [0.15, 0.2) is 0 Å². The van der Waals surface area contributed by atoms with Gasteiger partial charge in [0.25, 0.3) is 0 Å². The van der Waals surface area contributed by atoms with Gasteiger partial charge in [-0.05, 0) is 24.2 Å². The summed E-state index contributed by atoms with van der Waals surface area (Å²) in [5.41, 5.74) is 0.266. The molecule has 0 amide bonds. The molecule has 0 N–H and O–H groups in total. The summed E-state index contributed by atoms with van der Waals surface area (Å²) in [4.78, 5) is 10.5. The number of rotatable bonds is 2. The van der Waals surface area contributed by atoms with Crippen LogP contribution in [-0.4, -0.2) is 18.5 Å². The van der Waals surface area contributed by atoms with Crippen LogP contribution in [0.2, 0.25) is 0 Å². The first kappa shape index (κ1) is 10.7. The molecule has 1 aliphatic rings. The van der Waals surface area contributed by atoms with Gasteiger partial charge in [-0.2, -0.15) is 0 Å². The maximum absolute atomic E-state index is 10.5. The molecular weight excluding hydrogens is 164 g/mol. The SMILES string of the molecule is CC(C1CCC(C=O)O1)C(C)(C)C. The second-order valence-electron chi connectivity index (χ2n) is 5.08. The van der Waals surface area contributed by atoms with Crippen LogP contribution < -0.4 is 0 Å². The minimum absolute atomic E-state index is 0.144. The lowest BCUT2D eigenvalue weighted by molar-refractivity contribution is -0.119. The molecule has 0 spiro atoms. The zero-order valence-electron chi connectivity index (χ0n) is 9.04. The number of carbonyl (C=O) groups is 1. The molecule has 0 radical (unpaired) electrons. The van der Waals surface area contributed by atoms with Gasteiger partial charge in [0.15, 0.2) is 0 Å². The van der Waals surface area contributed by atoms with Crippen molar-refractivity contribution >= 4 is 6.29 Å². The molecule has 0 aromatic rings. The highest BCUT2D eigenvalue weighted by molar-refractivity contribution is 5.56. The van der Waals surface area contributed by atoms with E-state index in [2.05, 4.69) is 27.7 Å². The Labute approximate surface area is 80.7 Å². The molecule has 2 nitrogen and oxygen atoms in total. The number of ether oxygens (including phenoxy) is 1. The summed E-state index contributed by atoms with van der Waals surface area (Å²) in [6, 6.07) is 0. The van der Waals surface area contributed by atoms with Crippen LogP contribution in [0.1, 0.15) is 40.5 Å². The first-order chi connectivity index (χ1) is 5.95. The zero-order valence-corrected chi connectivity index (χ0v) is 9.04. The van der Waals surface area contributed by atoms with Crippen LogP contribution >= 0.6 is 0 Å². The number of hydrogen-bond donors (Lipinski definition) is 0. The van der Waals surface area contributed by atoms with Gasteiger partial charge >= 0.3 is 0 Å². The molecule has 1 aliphatic heterocycles. The lowest BCUT2D eigenvalue weighted by atomic mass is 9.78.